The maximum absolute atomic E-state index is 13.0. The molecule has 2 rings (SSSR count). The summed E-state index contributed by atoms with van der Waals surface area (Å²) in [5.41, 5.74) is -0.577. The molecule has 0 aromatic heterocycles. The minimum atomic E-state index is -4.08. The van der Waals surface area contributed by atoms with E-state index in [1.165, 1.54) is 24.5 Å². The Morgan fingerprint density at radius 1 is 1.28 bits per heavy atom. The van der Waals surface area contributed by atoms with Crippen LogP contribution in [0.4, 0.5) is 0 Å². The van der Waals surface area contributed by atoms with Crippen molar-refractivity contribution in [2.24, 2.45) is 0 Å². The first kappa shape index (κ1) is 20.2. The molecular formula is C16H23NO6S2. The fourth-order valence-electron chi connectivity index (χ4n) is 2.79. The summed E-state index contributed by atoms with van der Waals surface area (Å²) in [5, 5.41) is 0. The van der Waals surface area contributed by atoms with Gasteiger partial charge in [0.1, 0.15) is 4.90 Å². The number of rotatable bonds is 6. The van der Waals surface area contributed by atoms with Gasteiger partial charge in [-0.3, -0.25) is 18.1 Å². The van der Waals surface area contributed by atoms with Crippen molar-refractivity contribution >= 4 is 26.7 Å². The van der Waals surface area contributed by atoms with Crippen LogP contribution < -0.4 is 0 Å². The van der Waals surface area contributed by atoms with Crippen LogP contribution in [0.2, 0.25) is 0 Å². The Bertz CT molecular complexity index is 782. The molecule has 1 heterocycles. The van der Waals surface area contributed by atoms with Crippen LogP contribution >= 0.6 is 0 Å². The summed E-state index contributed by atoms with van der Waals surface area (Å²) in [7, 11) is -4.58. The van der Waals surface area contributed by atoms with Crippen LogP contribution in [-0.4, -0.2) is 68.5 Å². The van der Waals surface area contributed by atoms with Crippen molar-refractivity contribution in [3.8, 4) is 0 Å². The number of ketones is 1. The van der Waals surface area contributed by atoms with Crippen LogP contribution in [0.5, 0.6) is 0 Å². The Hall–Kier alpha value is -1.13. The molecule has 1 aromatic carbocycles. The van der Waals surface area contributed by atoms with Crippen molar-refractivity contribution in [3.05, 3.63) is 23.8 Å². The van der Waals surface area contributed by atoms with Gasteiger partial charge in [-0.05, 0) is 26.0 Å². The van der Waals surface area contributed by atoms with E-state index in [0.29, 0.717) is 26.3 Å². The SMILES string of the molecule is COS(=O)(=O)c1cc(C(=O)C(C)(C)N2CCOCC2)ccc1S(C)=O. The molecule has 0 bridgehead atoms. The molecule has 0 amide bonds. The van der Waals surface area contributed by atoms with Crippen molar-refractivity contribution in [1.82, 2.24) is 4.90 Å². The minimum absolute atomic E-state index is 0.113. The zero-order valence-electron chi connectivity index (χ0n) is 14.8. The number of hydrogen-bond acceptors (Lipinski definition) is 7. The Balaban J connectivity index is 2.47. The number of carbonyl (C=O) groups is 1. The van der Waals surface area contributed by atoms with E-state index in [4.69, 9.17) is 4.74 Å². The minimum Gasteiger partial charge on any atom is -0.379 e. The highest BCUT2D eigenvalue weighted by Gasteiger charge is 2.36. The molecule has 140 valence electrons. The molecule has 7 nitrogen and oxygen atoms in total. The maximum atomic E-state index is 13.0. The van der Waals surface area contributed by atoms with Gasteiger partial charge in [0, 0.05) is 24.9 Å². The van der Waals surface area contributed by atoms with Gasteiger partial charge < -0.3 is 4.74 Å². The molecule has 1 unspecified atom stereocenters. The summed E-state index contributed by atoms with van der Waals surface area (Å²) in [6.45, 7) is 5.95. The van der Waals surface area contributed by atoms with Crippen LogP contribution in [0.3, 0.4) is 0 Å². The second kappa shape index (κ2) is 7.63. The predicted molar refractivity (Wildman–Crippen MR) is 93.8 cm³/mol. The molecular weight excluding hydrogens is 366 g/mol. The zero-order chi connectivity index (χ0) is 18.8. The van der Waals surface area contributed by atoms with Crippen LogP contribution in [0.15, 0.2) is 28.0 Å². The summed E-state index contributed by atoms with van der Waals surface area (Å²) in [5.74, 6) is -0.213. The lowest BCUT2D eigenvalue weighted by molar-refractivity contribution is -0.00431. The lowest BCUT2D eigenvalue weighted by Crippen LogP contribution is -2.54. The molecule has 25 heavy (non-hydrogen) atoms. The number of carbonyl (C=O) groups excluding carboxylic acids is 1. The van der Waals surface area contributed by atoms with E-state index in [0.717, 1.165) is 7.11 Å². The lowest BCUT2D eigenvalue weighted by Gasteiger charge is -2.39. The highest BCUT2D eigenvalue weighted by atomic mass is 32.2. The van der Waals surface area contributed by atoms with Crippen molar-refractivity contribution < 1.29 is 26.3 Å². The van der Waals surface area contributed by atoms with E-state index in [2.05, 4.69) is 4.18 Å². The average molecular weight is 389 g/mol. The van der Waals surface area contributed by atoms with Crippen LogP contribution in [0.1, 0.15) is 24.2 Å². The van der Waals surface area contributed by atoms with Gasteiger partial charge in [-0.1, -0.05) is 6.07 Å². The van der Waals surface area contributed by atoms with Gasteiger partial charge in [-0.15, -0.1) is 0 Å². The van der Waals surface area contributed by atoms with Crippen LogP contribution in [0.25, 0.3) is 0 Å². The van der Waals surface area contributed by atoms with E-state index < -0.39 is 26.5 Å². The molecule has 1 fully saturated rings. The highest BCUT2D eigenvalue weighted by Crippen LogP contribution is 2.27. The van der Waals surface area contributed by atoms with E-state index in [-0.39, 0.29) is 21.1 Å². The predicted octanol–water partition coefficient (Wildman–Crippen LogP) is 1.05. The molecule has 1 atom stereocenters. The van der Waals surface area contributed by atoms with Crippen LogP contribution in [0, 0.1) is 0 Å². The first-order valence-corrected chi connectivity index (χ1v) is 10.7. The standard InChI is InChI=1S/C16H23NO6S2/c1-16(2,17-7-9-23-10-8-17)15(18)12-5-6-13(24(4)19)14(11-12)25(20,21)22-3/h5-6,11H,7-10H2,1-4H3. The van der Waals surface area contributed by atoms with Gasteiger partial charge >= 0.3 is 0 Å². The first-order chi connectivity index (χ1) is 11.6. The Labute approximate surface area is 150 Å². The Morgan fingerprint density at radius 3 is 2.40 bits per heavy atom. The normalized spacial score (nSPS) is 18.1. The Kier molecular flexibility index (Phi) is 6.16. The third-order valence-corrected chi connectivity index (χ3v) is 6.78. The second-order valence-corrected chi connectivity index (χ2v) is 9.25. The number of hydrogen-bond donors (Lipinski definition) is 0. The van der Waals surface area contributed by atoms with Gasteiger partial charge in [0.25, 0.3) is 10.1 Å². The van der Waals surface area contributed by atoms with Gasteiger partial charge in [0.2, 0.25) is 0 Å². The molecule has 0 saturated carbocycles. The third-order valence-electron chi connectivity index (χ3n) is 4.36. The molecule has 1 aliphatic heterocycles. The number of benzene rings is 1. The lowest BCUT2D eigenvalue weighted by atomic mass is 9.91. The van der Waals surface area contributed by atoms with Crippen molar-refractivity contribution in [3.63, 3.8) is 0 Å². The molecule has 1 aliphatic rings. The summed E-state index contributed by atoms with van der Waals surface area (Å²) in [4.78, 5) is 14.9. The number of ether oxygens (including phenoxy) is 1. The molecule has 1 aromatic rings. The molecule has 0 N–H and O–H groups in total. The average Bonchev–Trinajstić information content (AvgIpc) is 2.61. The van der Waals surface area contributed by atoms with Gasteiger partial charge in [0.15, 0.2) is 5.78 Å². The number of morpholine rings is 1. The zero-order valence-corrected chi connectivity index (χ0v) is 16.4. The smallest absolute Gasteiger partial charge is 0.297 e. The molecule has 0 aliphatic carbocycles. The first-order valence-electron chi connectivity index (χ1n) is 7.77. The van der Waals surface area contributed by atoms with E-state index in [1.807, 2.05) is 4.90 Å². The summed E-state index contributed by atoms with van der Waals surface area (Å²) in [6, 6.07) is 4.17. The summed E-state index contributed by atoms with van der Waals surface area (Å²) in [6.07, 6.45) is 1.38. The number of nitrogens with zero attached hydrogens (tertiary/aromatic N) is 1. The largest absolute Gasteiger partial charge is 0.379 e. The van der Waals surface area contributed by atoms with Crippen molar-refractivity contribution in [2.75, 3.05) is 39.7 Å². The maximum Gasteiger partial charge on any atom is 0.297 e. The van der Waals surface area contributed by atoms with Crippen molar-refractivity contribution in [2.45, 2.75) is 29.2 Å². The molecule has 1 saturated heterocycles. The fourth-order valence-corrected chi connectivity index (χ4v) is 4.82. The quantitative estimate of drug-likeness (QED) is 0.531. The molecule has 0 spiro atoms. The Morgan fingerprint density at radius 2 is 1.88 bits per heavy atom. The van der Waals surface area contributed by atoms with Gasteiger partial charge in [-0.25, -0.2) is 0 Å². The monoisotopic (exact) mass is 389 g/mol. The van der Waals surface area contributed by atoms with Gasteiger partial charge in [0.05, 0.1) is 41.6 Å². The third kappa shape index (κ3) is 4.17. The molecule has 9 heteroatoms. The van der Waals surface area contributed by atoms with Gasteiger partial charge in [-0.2, -0.15) is 8.42 Å². The number of Topliss-reactive ketones (excluding diaryl/α,β-unsaturated/α-hetero) is 1. The highest BCUT2D eigenvalue weighted by molar-refractivity contribution is 7.88. The summed E-state index contributed by atoms with van der Waals surface area (Å²) >= 11 is 0. The summed E-state index contributed by atoms with van der Waals surface area (Å²) < 4.78 is 46.0. The fraction of sp³-hybridized carbons (Fsp3) is 0.562. The topological polar surface area (TPSA) is 90.0 Å². The van der Waals surface area contributed by atoms with Crippen LogP contribution in [-0.2, 0) is 29.8 Å². The van der Waals surface area contributed by atoms with Crippen molar-refractivity contribution in [1.29, 1.82) is 0 Å². The van der Waals surface area contributed by atoms with E-state index in [9.17, 15) is 17.4 Å². The van der Waals surface area contributed by atoms with E-state index >= 15 is 0 Å². The molecule has 0 radical (unpaired) electrons. The second-order valence-electron chi connectivity index (χ2n) is 6.22. The van der Waals surface area contributed by atoms with E-state index in [1.54, 1.807) is 13.8 Å².